The van der Waals surface area contributed by atoms with Gasteiger partial charge in [0.15, 0.2) is 0 Å². The van der Waals surface area contributed by atoms with Crippen LogP contribution in [0.25, 0.3) is 0 Å². The summed E-state index contributed by atoms with van der Waals surface area (Å²) in [6.07, 6.45) is 0. The highest BCUT2D eigenvalue weighted by Gasteiger charge is 2.23. The average molecular weight is 270 g/mol. The molecule has 18 heavy (non-hydrogen) atoms. The van der Waals surface area contributed by atoms with Crippen LogP contribution in [-0.4, -0.2) is 43.8 Å². The first kappa shape index (κ1) is 13.3. The Morgan fingerprint density at radius 2 is 1.83 bits per heavy atom. The second-order valence-electron chi connectivity index (χ2n) is 4.47. The van der Waals surface area contributed by atoms with Crippen LogP contribution in [-0.2, 0) is 16.8 Å². The third kappa shape index (κ3) is 3.42. The zero-order valence-electron chi connectivity index (χ0n) is 10.1. The highest BCUT2D eigenvalue weighted by atomic mass is 32.2. The predicted molar refractivity (Wildman–Crippen MR) is 70.8 cm³/mol. The van der Waals surface area contributed by atoms with Gasteiger partial charge in [-0.3, -0.25) is 4.90 Å². The molecule has 100 valence electrons. The van der Waals surface area contributed by atoms with Crippen molar-refractivity contribution in [3.05, 3.63) is 29.8 Å². The van der Waals surface area contributed by atoms with Gasteiger partial charge in [0.25, 0.3) is 10.2 Å². The van der Waals surface area contributed by atoms with Crippen LogP contribution in [0.4, 0.5) is 5.69 Å². The second kappa shape index (κ2) is 5.23. The number of hydrogen-bond acceptors (Lipinski definition) is 4. The molecule has 0 unspecified atom stereocenters. The van der Waals surface area contributed by atoms with Gasteiger partial charge in [0, 0.05) is 38.4 Å². The molecular formula is C11H18N4O2S. The molecule has 0 spiro atoms. The van der Waals surface area contributed by atoms with E-state index in [-0.39, 0.29) is 0 Å². The molecule has 0 radical (unpaired) electrons. The molecule has 1 fully saturated rings. The van der Waals surface area contributed by atoms with Gasteiger partial charge in [0.05, 0.1) is 0 Å². The Kier molecular flexibility index (Phi) is 3.86. The van der Waals surface area contributed by atoms with Crippen LogP contribution in [0, 0.1) is 0 Å². The Balaban J connectivity index is 1.91. The van der Waals surface area contributed by atoms with Crippen LogP contribution in [0.2, 0.25) is 0 Å². The van der Waals surface area contributed by atoms with Gasteiger partial charge in [-0.15, -0.1) is 0 Å². The molecule has 1 aromatic rings. The van der Waals surface area contributed by atoms with E-state index in [4.69, 9.17) is 10.9 Å². The average Bonchev–Trinajstić information content (AvgIpc) is 2.28. The van der Waals surface area contributed by atoms with Crippen LogP contribution in [0.1, 0.15) is 5.56 Å². The van der Waals surface area contributed by atoms with Crippen LogP contribution in [0.3, 0.4) is 0 Å². The van der Waals surface area contributed by atoms with Crippen molar-refractivity contribution in [1.82, 2.24) is 9.21 Å². The van der Waals surface area contributed by atoms with Crippen molar-refractivity contribution in [2.45, 2.75) is 6.54 Å². The summed E-state index contributed by atoms with van der Waals surface area (Å²) in [6.45, 7) is 3.04. The fourth-order valence-corrected chi connectivity index (χ4v) is 2.76. The fourth-order valence-electron chi connectivity index (χ4n) is 2.09. The summed E-state index contributed by atoms with van der Waals surface area (Å²) in [5, 5.41) is 5.09. The van der Waals surface area contributed by atoms with E-state index in [1.54, 1.807) is 0 Å². The van der Waals surface area contributed by atoms with E-state index in [9.17, 15) is 8.42 Å². The van der Waals surface area contributed by atoms with Gasteiger partial charge >= 0.3 is 0 Å². The van der Waals surface area contributed by atoms with E-state index in [1.165, 1.54) is 4.31 Å². The Hall–Kier alpha value is -1.15. The van der Waals surface area contributed by atoms with Crippen molar-refractivity contribution in [2.24, 2.45) is 5.14 Å². The molecule has 6 nitrogen and oxygen atoms in total. The maximum absolute atomic E-state index is 11.2. The SMILES string of the molecule is Nc1cccc(CN2CCN(S(N)(=O)=O)CC2)c1. The van der Waals surface area contributed by atoms with E-state index in [0.717, 1.165) is 17.8 Å². The minimum absolute atomic E-state index is 0.446. The number of nitrogens with two attached hydrogens (primary N) is 2. The van der Waals surface area contributed by atoms with Crippen LogP contribution in [0.5, 0.6) is 0 Å². The summed E-state index contributed by atoms with van der Waals surface area (Å²) >= 11 is 0. The molecule has 0 amide bonds. The predicted octanol–water partition coefficient (Wildman–Crippen LogP) is -0.410. The fraction of sp³-hybridized carbons (Fsp3) is 0.455. The Morgan fingerprint density at radius 1 is 1.17 bits per heavy atom. The largest absolute Gasteiger partial charge is 0.399 e. The number of nitrogens with zero attached hydrogens (tertiary/aromatic N) is 2. The van der Waals surface area contributed by atoms with E-state index in [1.807, 2.05) is 24.3 Å². The van der Waals surface area contributed by atoms with Gasteiger partial charge in [0.2, 0.25) is 0 Å². The molecule has 0 atom stereocenters. The van der Waals surface area contributed by atoms with Crippen molar-refractivity contribution in [2.75, 3.05) is 31.9 Å². The Morgan fingerprint density at radius 3 is 2.39 bits per heavy atom. The summed E-state index contributed by atoms with van der Waals surface area (Å²) in [7, 11) is -3.54. The number of anilines is 1. The third-order valence-corrected chi connectivity index (χ3v) is 4.13. The van der Waals surface area contributed by atoms with Gasteiger partial charge in [0.1, 0.15) is 0 Å². The molecule has 4 N–H and O–H groups in total. The van der Waals surface area contributed by atoms with E-state index < -0.39 is 10.2 Å². The maximum Gasteiger partial charge on any atom is 0.276 e. The quantitative estimate of drug-likeness (QED) is 0.730. The van der Waals surface area contributed by atoms with Crippen molar-refractivity contribution in [3.8, 4) is 0 Å². The first-order valence-corrected chi connectivity index (χ1v) is 7.30. The number of hydrogen-bond donors (Lipinski definition) is 2. The number of rotatable bonds is 3. The summed E-state index contributed by atoms with van der Waals surface area (Å²) < 4.78 is 23.6. The standard InChI is InChI=1S/C11H18N4O2S/c12-11-3-1-2-10(8-11)9-14-4-6-15(7-5-14)18(13,16)17/h1-3,8H,4-7,9,12H2,(H2,13,16,17). The van der Waals surface area contributed by atoms with E-state index >= 15 is 0 Å². The molecule has 1 heterocycles. The molecule has 1 saturated heterocycles. The first-order chi connectivity index (χ1) is 8.45. The highest BCUT2D eigenvalue weighted by Crippen LogP contribution is 2.12. The molecule has 0 bridgehead atoms. The smallest absolute Gasteiger partial charge is 0.276 e. The molecule has 0 aliphatic carbocycles. The Labute approximate surface area is 107 Å². The topological polar surface area (TPSA) is 92.7 Å². The lowest BCUT2D eigenvalue weighted by atomic mass is 10.2. The van der Waals surface area contributed by atoms with Crippen LogP contribution >= 0.6 is 0 Å². The molecular weight excluding hydrogens is 252 g/mol. The molecule has 0 aromatic heterocycles. The van der Waals surface area contributed by atoms with E-state index in [2.05, 4.69) is 4.90 Å². The van der Waals surface area contributed by atoms with Crippen molar-refractivity contribution in [1.29, 1.82) is 0 Å². The van der Waals surface area contributed by atoms with Gasteiger partial charge in [-0.25, -0.2) is 5.14 Å². The first-order valence-electron chi connectivity index (χ1n) is 5.80. The highest BCUT2D eigenvalue weighted by molar-refractivity contribution is 7.86. The van der Waals surface area contributed by atoms with Gasteiger partial charge in [-0.1, -0.05) is 12.1 Å². The molecule has 1 aliphatic rings. The van der Waals surface area contributed by atoms with E-state index in [0.29, 0.717) is 26.2 Å². The van der Waals surface area contributed by atoms with Gasteiger partial charge in [-0.2, -0.15) is 12.7 Å². The third-order valence-electron chi connectivity index (χ3n) is 3.05. The second-order valence-corrected chi connectivity index (χ2v) is 6.01. The van der Waals surface area contributed by atoms with Gasteiger partial charge in [-0.05, 0) is 17.7 Å². The molecule has 7 heteroatoms. The molecule has 1 aromatic carbocycles. The maximum atomic E-state index is 11.2. The normalized spacial score (nSPS) is 18.9. The number of piperazine rings is 1. The monoisotopic (exact) mass is 270 g/mol. The minimum atomic E-state index is -3.54. The lowest BCUT2D eigenvalue weighted by Gasteiger charge is -2.32. The summed E-state index contributed by atoms with van der Waals surface area (Å²) in [4.78, 5) is 2.19. The molecule has 1 aliphatic heterocycles. The van der Waals surface area contributed by atoms with Crippen molar-refractivity contribution in [3.63, 3.8) is 0 Å². The Bertz CT molecular complexity index is 510. The number of benzene rings is 1. The summed E-state index contributed by atoms with van der Waals surface area (Å²) in [6, 6.07) is 7.72. The van der Waals surface area contributed by atoms with Crippen molar-refractivity contribution < 1.29 is 8.42 Å². The summed E-state index contributed by atoms with van der Waals surface area (Å²) in [5.74, 6) is 0. The van der Waals surface area contributed by atoms with Gasteiger partial charge < -0.3 is 5.73 Å². The number of nitrogen functional groups attached to an aromatic ring is 1. The zero-order chi connectivity index (χ0) is 13.2. The van der Waals surface area contributed by atoms with Crippen LogP contribution < -0.4 is 10.9 Å². The minimum Gasteiger partial charge on any atom is -0.399 e. The zero-order valence-corrected chi connectivity index (χ0v) is 10.9. The van der Waals surface area contributed by atoms with Crippen molar-refractivity contribution >= 4 is 15.9 Å². The lowest BCUT2D eigenvalue weighted by Crippen LogP contribution is -2.50. The summed E-state index contributed by atoms with van der Waals surface area (Å²) in [5.41, 5.74) is 7.60. The molecule has 2 rings (SSSR count). The molecule has 0 saturated carbocycles. The lowest BCUT2D eigenvalue weighted by molar-refractivity contribution is 0.181. The van der Waals surface area contributed by atoms with Crippen LogP contribution in [0.15, 0.2) is 24.3 Å².